The number of ether oxygens (including phenoxy) is 1. The van der Waals surface area contributed by atoms with Crippen molar-refractivity contribution in [2.45, 2.75) is 6.10 Å². The van der Waals surface area contributed by atoms with Gasteiger partial charge in [0.05, 0.1) is 13.3 Å². The van der Waals surface area contributed by atoms with E-state index < -0.39 is 6.10 Å². The third kappa shape index (κ3) is 2.79. The Bertz CT molecular complexity index is 995. The van der Waals surface area contributed by atoms with Crippen LogP contribution in [-0.4, -0.2) is 37.0 Å². The normalized spacial score (nSPS) is 12.2. The number of methoxy groups -OCH3 is 1. The van der Waals surface area contributed by atoms with E-state index in [1.165, 1.54) is 0 Å². The minimum Gasteiger partial charge on any atom is -0.496 e. The summed E-state index contributed by atoms with van der Waals surface area (Å²) in [5, 5.41) is 25.1. The summed E-state index contributed by atoms with van der Waals surface area (Å²) in [6, 6.07) is 12.8. The molecule has 1 unspecified atom stereocenters. The first-order valence-corrected chi connectivity index (χ1v) is 7.69. The minimum atomic E-state index is -1.02. The topological polar surface area (TPSA) is 100 Å². The third-order valence-corrected chi connectivity index (χ3v) is 3.84. The molecule has 0 radical (unpaired) electrons. The van der Waals surface area contributed by atoms with Crippen LogP contribution in [0.25, 0.3) is 5.52 Å². The van der Waals surface area contributed by atoms with Gasteiger partial charge in [0.25, 0.3) is 0 Å². The molecule has 126 valence electrons. The van der Waals surface area contributed by atoms with Gasteiger partial charge >= 0.3 is 0 Å². The van der Waals surface area contributed by atoms with Crippen LogP contribution >= 0.6 is 0 Å². The van der Waals surface area contributed by atoms with Gasteiger partial charge in [-0.3, -0.25) is 5.10 Å². The number of aromatic nitrogens is 5. The monoisotopic (exact) mass is 336 g/mol. The first-order chi connectivity index (χ1) is 12.3. The number of fused-ring (bicyclic) bond motifs is 1. The number of benzene rings is 1. The Balaban J connectivity index is 1.79. The van der Waals surface area contributed by atoms with E-state index in [0.717, 1.165) is 5.52 Å². The van der Waals surface area contributed by atoms with E-state index in [9.17, 15) is 5.11 Å². The van der Waals surface area contributed by atoms with Gasteiger partial charge in [0.1, 0.15) is 23.2 Å². The number of aromatic amines is 1. The zero-order valence-corrected chi connectivity index (χ0v) is 13.4. The lowest BCUT2D eigenvalue weighted by molar-refractivity contribution is 0.203. The van der Waals surface area contributed by atoms with Gasteiger partial charge in [0, 0.05) is 17.8 Å². The number of nitrogens with one attached hydrogen (secondary N) is 2. The summed E-state index contributed by atoms with van der Waals surface area (Å²) in [5.41, 5.74) is 1.38. The predicted octanol–water partition coefficient (Wildman–Crippen LogP) is 2.29. The molecule has 3 aromatic heterocycles. The number of aliphatic hydroxyl groups is 1. The fourth-order valence-corrected chi connectivity index (χ4v) is 2.64. The van der Waals surface area contributed by atoms with Crippen molar-refractivity contribution in [2.24, 2.45) is 0 Å². The molecule has 3 heterocycles. The molecule has 1 aromatic carbocycles. The number of anilines is 2. The van der Waals surface area contributed by atoms with E-state index in [-0.39, 0.29) is 5.82 Å². The van der Waals surface area contributed by atoms with Crippen molar-refractivity contribution in [1.29, 1.82) is 0 Å². The number of aliphatic hydroxyl groups excluding tert-OH is 1. The zero-order valence-electron chi connectivity index (χ0n) is 13.4. The molecule has 4 aromatic rings. The van der Waals surface area contributed by atoms with Gasteiger partial charge in [-0.2, -0.15) is 5.10 Å². The van der Waals surface area contributed by atoms with Crippen molar-refractivity contribution in [1.82, 2.24) is 24.8 Å². The third-order valence-electron chi connectivity index (χ3n) is 3.84. The first kappa shape index (κ1) is 15.2. The second-order valence-corrected chi connectivity index (χ2v) is 5.40. The fraction of sp³-hybridized carbons (Fsp3) is 0.118. The predicted molar refractivity (Wildman–Crippen MR) is 91.9 cm³/mol. The molecule has 0 saturated heterocycles. The molecule has 1 atom stereocenters. The molecular formula is C17H16N6O2. The van der Waals surface area contributed by atoms with E-state index in [1.807, 2.05) is 24.3 Å². The highest BCUT2D eigenvalue weighted by Crippen LogP contribution is 2.29. The number of H-pyrrole nitrogens is 1. The van der Waals surface area contributed by atoms with Crippen LogP contribution in [0.5, 0.6) is 5.75 Å². The highest BCUT2D eigenvalue weighted by molar-refractivity contribution is 5.71. The average Bonchev–Trinajstić information content (AvgIpc) is 3.32. The van der Waals surface area contributed by atoms with Crippen LogP contribution in [-0.2, 0) is 0 Å². The lowest BCUT2D eigenvalue weighted by Gasteiger charge is -2.15. The number of rotatable bonds is 5. The smallest absolute Gasteiger partial charge is 0.184 e. The van der Waals surface area contributed by atoms with Crippen molar-refractivity contribution in [3.05, 3.63) is 66.2 Å². The van der Waals surface area contributed by atoms with Crippen molar-refractivity contribution in [2.75, 3.05) is 12.4 Å². The highest BCUT2D eigenvalue weighted by atomic mass is 16.5. The van der Waals surface area contributed by atoms with Crippen LogP contribution < -0.4 is 10.1 Å². The molecule has 3 N–H and O–H groups in total. The second kappa shape index (κ2) is 6.25. The maximum Gasteiger partial charge on any atom is 0.184 e. The molecule has 0 bridgehead atoms. The maximum absolute atomic E-state index is 10.8. The van der Waals surface area contributed by atoms with Crippen LogP contribution in [0.2, 0.25) is 0 Å². The summed E-state index contributed by atoms with van der Waals surface area (Å²) in [7, 11) is 1.56. The zero-order chi connectivity index (χ0) is 17.2. The quantitative estimate of drug-likeness (QED) is 0.517. The SMILES string of the molecule is COc1ccccc1C(O)c1nc(Nc2ccn[nH]2)c2cccn2n1. The molecule has 8 nitrogen and oxygen atoms in total. The van der Waals surface area contributed by atoms with Crippen LogP contribution in [0.3, 0.4) is 0 Å². The minimum absolute atomic E-state index is 0.259. The Morgan fingerprint density at radius 3 is 2.88 bits per heavy atom. The number of nitrogens with zero attached hydrogens (tertiary/aromatic N) is 4. The van der Waals surface area contributed by atoms with Crippen molar-refractivity contribution < 1.29 is 9.84 Å². The highest BCUT2D eigenvalue weighted by Gasteiger charge is 2.20. The van der Waals surface area contributed by atoms with Crippen molar-refractivity contribution in [3.63, 3.8) is 0 Å². The van der Waals surface area contributed by atoms with E-state index in [4.69, 9.17) is 4.74 Å². The molecule has 0 amide bonds. The summed E-state index contributed by atoms with van der Waals surface area (Å²) in [5.74, 6) is 2.09. The Morgan fingerprint density at radius 2 is 2.08 bits per heavy atom. The molecule has 0 aliphatic heterocycles. The average molecular weight is 336 g/mol. The summed E-state index contributed by atoms with van der Waals surface area (Å²) < 4.78 is 6.99. The van der Waals surface area contributed by atoms with Gasteiger partial charge in [-0.05, 0) is 18.2 Å². The largest absolute Gasteiger partial charge is 0.496 e. The maximum atomic E-state index is 10.8. The molecule has 0 aliphatic carbocycles. The number of hydrogen-bond donors (Lipinski definition) is 3. The summed E-state index contributed by atoms with van der Waals surface area (Å²) in [6.07, 6.45) is 2.42. The van der Waals surface area contributed by atoms with Gasteiger partial charge < -0.3 is 15.2 Å². The van der Waals surface area contributed by atoms with E-state index >= 15 is 0 Å². The summed E-state index contributed by atoms with van der Waals surface area (Å²) >= 11 is 0. The Morgan fingerprint density at radius 1 is 1.20 bits per heavy atom. The Hall–Kier alpha value is -3.39. The van der Waals surface area contributed by atoms with Crippen LogP contribution in [0.1, 0.15) is 17.5 Å². The molecule has 25 heavy (non-hydrogen) atoms. The lowest BCUT2D eigenvalue weighted by Crippen LogP contribution is -2.12. The van der Waals surface area contributed by atoms with Gasteiger partial charge in [-0.25, -0.2) is 9.50 Å². The van der Waals surface area contributed by atoms with Crippen molar-refractivity contribution in [3.8, 4) is 5.75 Å². The molecule has 0 aliphatic rings. The number of para-hydroxylation sites is 1. The molecule has 4 rings (SSSR count). The van der Waals surface area contributed by atoms with Gasteiger partial charge in [-0.15, -0.1) is 5.10 Å². The molecule has 0 fully saturated rings. The molecule has 8 heteroatoms. The van der Waals surface area contributed by atoms with Crippen LogP contribution in [0, 0.1) is 0 Å². The fourth-order valence-electron chi connectivity index (χ4n) is 2.64. The number of hydrogen-bond acceptors (Lipinski definition) is 6. The van der Waals surface area contributed by atoms with E-state index in [1.54, 1.807) is 42.2 Å². The standard InChI is InChI=1S/C17H16N6O2/c1-25-13-7-3-2-5-11(13)15(24)17-20-16(19-14-8-9-18-21-14)12-6-4-10-23(12)22-17/h2-10,15,24H,1H3,(H2,18,19,20,21,22). The van der Waals surface area contributed by atoms with Crippen molar-refractivity contribution >= 4 is 17.2 Å². The first-order valence-electron chi connectivity index (χ1n) is 7.69. The van der Waals surface area contributed by atoms with Crippen LogP contribution in [0.4, 0.5) is 11.6 Å². The van der Waals surface area contributed by atoms with Gasteiger partial charge in [0.15, 0.2) is 11.6 Å². The Labute approximate surface area is 143 Å². The van der Waals surface area contributed by atoms with E-state index in [2.05, 4.69) is 25.6 Å². The van der Waals surface area contributed by atoms with E-state index in [0.29, 0.717) is 22.9 Å². The van der Waals surface area contributed by atoms with Crippen LogP contribution in [0.15, 0.2) is 54.9 Å². The van der Waals surface area contributed by atoms with Gasteiger partial charge in [-0.1, -0.05) is 18.2 Å². The second-order valence-electron chi connectivity index (χ2n) is 5.40. The molecule has 0 spiro atoms. The summed E-state index contributed by atoms with van der Waals surface area (Å²) in [4.78, 5) is 4.50. The molecular weight excluding hydrogens is 320 g/mol. The Kier molecular flexibility index (Phi) is 3.79. The molecule has 0 saturated carbocycles. The van der Waals surface area contributed by atoms with Gasteiger partial charge in [0.2, 0.25) is 0 Å². The lowest BCUT2D eigenvalue weighted by atomic mass is 10.1. The summed E-state index contributed by atoms with van der Waals surface area (Å²) in [6.45, 7) is 0.